The van der Waals surface area contributed by atoms with Gasteiger partial charge in [-0.05, 0) is 12.8 Å². The summed E-state index contributed by atoms with van der Waals surface area (Å²) in [5, 5.41) is 22.4. The molecule has 2 unspecified atom stereocenters. The molecule has 2 amide bonds. The molecule has 0 fully saturated rings. The van der Waals surface area contributed by atoms with Crippen LogP contribution < -0.4 is 10.6 Å². The SMILES string of the molecule is O=C(CCCCCCCC(=O)NC(CS)C(=O)O)NC(CS)C(=O)O. The molecule has 0 aliphatic heterocycles. The van der Waals surface area contributed by atoms with E-state index >= 15 is 0 Å². The maximum Gasteiger partial charge on any atom is 0.327 e. The molecule has 2 atom stereocenters. The first kappa shape index (κ1) is 23.6. The van der Waals surface area contributed by atoms with Gasteiger partial charge in [0.25, 0.3) is 0 Å². The van der Waals surface area contributed by atoms with Gasteiger partial charge in [0.2, 0.25) is 11.8 Å². The fourth-order valence-corrected chi connectivity index (χ4v) is 2.50. The van der Waals surface area contributed by atoms with E-state index in [1.54, 1.807) is 0 Å². The number of amides is 2. The second-order valence-corrected chi connectivity index (χ2v) is 6.28. The minimum atomic E-state index is -1.11. The van der Waals surface area contributed by atoms with Gasteiger partial charge >= 0.3 is 11.9 Å². The van der Waals surface area contributed by atoms with Crippen molar-refractivity contribution in [1.29, 1.82) is 0 Å². The van der Waals surface area contributed by atoms with Gasteiger partial charge in [-0.1, -0.05) is 19.3 Å². The fraction of sp³-hybridized carbons (Fsp3) is 0.733. The fourth-order valence-electron chi connectivity index (χ4n) is 2.01. The molecule has 0 heterocycles. The third kappa shape index (κ3) is 11.7. The first-order chi connectivity index (χ1) is 11.8. The van der Waals surface area contributed by atoms with Gasteiger partial charge in [-0.2, -0.15) is 25.3 Å². The molecule has 0 aliphatic rings. The molecule has 0 bridgehead atoms. The Morgan fingerprint density at radius 2 is 1.00 bits per heavy atom. The van der Waals surface area contributed by atoms with Gasteiger partial charge in [0, 0.05) is 24.3 Å². The first-order valence-corrected chi connectivity index (χ1v) is 9.34. The van der Waals surface area contributed by atoms with Crippen LogP contribution in [0.3, 0.4) is 0 Å². The van der Waals surface area contributed by atoms with Gasteiger partial charge in [0.05, 0.1) is 0 Å². The monoisotopic (exact) mass is 394 g/mol. The number of rotatable bonds is 14. The van der Waals surface area contributed by atoms with Crippen LogP contribution in [0.2, 0.25) is 0 Å². The van der Waals surface area contributed by atoms with Crippen LogP contribution in [0, 0.1) is 0 Å². The van der Waals surface area contributed by atoms with E-state index in [9.17, 15) is 19.2 Å². The molecule has 0 radical (unpaired) electrons. The van der Waals surface area contributed by atoms with Gasteiger partial charge in [0.15, 0.2) is 0 Å². The van der Waals surface area contributed by atoms with Gasteiger partial charge in [0.1, 0.15) is 12.1 Å². The zero-order valence-electron chi connectivity index (χ0n) is 13.9. The number of hydrogen-bond acceptors (Lipinski definition) is 6. The van der Waals surface area contributed by atoms with E-state index in [0.29, 0.717) is 12.8 Å². The molecule has 25 heavy (non-hydrogen) atoms. The van der Waals surface area contributed by atoms with Crippen molar-refractivity contribution >= 4 is 49.0 Å². The molecule has 0 rings (SSSR count). The van der Waals surface area contributed by atoms with Crippen LogP contribution in [-0.2, 0) is 19.2 Å². The zero-order chi connectivity index (χ0) is 19.2. The predicted octanol–water partition coefficient (Wildman–Crippen LogP) is 0.715. The van der Waals surface area contributed by atoms with Crippen molar-refractivity contribution in [2.75, 3.05) is 11.5 Å². The van der Waals surface area contributed by atoms with E-state index in [1.165, 1.54) is 0 Å². The van der Waals surface area contributed by atoms with Crippen LogP contribution in [0.15, 0.2) is 0 Å². The Morgan fingerprint density at radius 3 is 1.28 bits per heavy atom. The zero-order valence-corrected chi connectivity index (χ0v) is 15.7. The van der Waals surface area contributed by atoms with E-state index in [-0.39, 0.29) is 36.2 Å². The maximum absolute atomic E-state index is 11.6. The second kappa shape index (κ2) is 13.8. The summed E-state index contributed by atoms with van der Waals surface area (Å²) in [6.45, 7) is 0. The molecule has 0 saturated heterocycles. The summed E-state index contributed by atoms with van der Waals surface area (Å²) in [7, 11) is 0. The Balaban J connectivity index is 3.70. The molecule has 0 aliphatic carbocycles. The van der Waals surface area contributed by atoms with Crippen molar-refractivity contribution in [3.8, 4) is 0 Å². The van der Waals surface area contributed by atoms with Crippen molar-refractivity contribution in [2.24, 2.45) is 0 Å². The van der Waals surface area contributed by atoms with Crippen molar-refractivity contribution in [3.05, 3.63) is 0 Å². The Bertz CT molecular complexity index is 421. The van der Waals surface area contributed by atoms with Gasteiger partial charge in [-0.15, -0.1) is 0 Å². The standard InChI is InChI=1S/C15H26N2O6S2/c18-12(16-10(8-24)14(20)21)6-4-2-1-3-5-7-13(19)17-11(9-25)15(22)23/h10-11,24-25H,1-9H2,(H,16,18)(H,17,19)(H,20,21)(H,22,23). The van der Waals surface area contributed by atoms with Crippen LogP contribution >= 0.6 is 25.3 Å². The normalized spacial score (nSPS) is 12.9. The highest BCUT2D eigenvalue weighted by Crippen LogP contribution is 2.08. The number of carbonyl (C=O) groups excluding carboxylic acids is 2. The molecule has 10 heteroatoms. The maximum atomic E-state index is 11.6. The van der Waals surface area contributed by atoms with Gasteiger partial charge in [-0.25, -0.2) is 9.59 Å². The summed E-state index contributed by atoms with van der Waals surface area (Å²) in [5.41, 5.74) is 0. The number of carbonyl (C=O) groups is 4. The lowest BCUT2D eigenvalue weighted by molar-refractivity contribution is -0.141. The summed E-state index contributed by atoms with van der Waals surface area (Å²) in [6, 6.07) is -1.94. The van der Waals surface area contributed by atoms with E-state index in [1.807, 2.05) is 0 Å². The minimum Gasteiger partial charge on any atom is -0.480 e. The highest BCUT2D eigenvalue weighted by atomic mass is 32.1. The average molecular weight is 395 g/mol. The van der Waals surface area contributed by atoms with Gasteiger partial charge in [-0.3, -0.25) is 9.59 Å². The van der Waals surface area contributed by atoms with Crippen LogP contribution in [0.5, 0.6) is 0 Å². The summed E-state index contributed by atoms with van der Waals surface area (Å²) in [6.07, 6.45) is 4.20. The molecule has 0 saturated carbocycles. The lowest BCUT2D eigenvalue weighted by Gasteiger charge is -2.12. The lowest BCUT2D eigenvalue weighted by atomic mass is 10.1. The predicted molar refractivity (Wildman–Crippen MR) is 99.2 cm³/mol. The minimum absolute atomic E-state index is 0.0408. The average Bonchev–Trinajstić information content (AvgIpc) is 2.55. The third-order valence-electron chi connectivity index (χ3n) is 3.44. The lowest BCUT2D eigenvalue weighted by Crippen LogP contribution is -2.42. The van der Waals surface area contributed by atoms with Crippen LogP contribution in [0.1, 0.15) is 44.9 Å². The van der Waals surface area contributed by atoms with E-state index in [0.717, 1.165) is 19.3 Å². The molecular weight excluding hydrogens is 368 g/mol. The van der Waals surface area contributed by atoms with E-state index < -0.39 is 24.0 Å². The number of carboxylic acids is 2. The number of carboxylic acid groups (broad SMARTS) is 2. The van der Waals surface area contributed by atoms with Crippen LogP contribution in [-0.4, -0.2) is 57.6 Å². The molecule has 144 valence electrons. The van der Waals surface area contributed by atoms with Gasteiger partial charge < -0.3 is 20.8 Å². The Labute approximate surface area is 157 Å². The highest BCUT2D eigenvalue weighted by molar-refractivity contribution is 7.80. The van der Waals surface area contributed by atoms with Crippen molar-refractivity contribution < 1.29 is 29.4 Å². The smallest absolute Gasteiger partial charge is 0.327 e. The second-order valence-electron chi connectivity index (χ2n) is 5.55. The number of aliphatic carboxylic acids is 2. The molecule has 8 nitrogen and oxygen atoms in total. The number of unbranched alkanes of at least 4 members (excludes halogenated alkanes) is 4. The molecular formula is C15H26N2O6S2. The third-order valence-corrected chi connectivity index (χ3v) is 4.17. The van der Waals surface area contributed by atoms with Crippen molar-refractivity contribution in [1.82, 2.24) is 10.6 Å². The molecule has 0 aromatic rings. The quantitative estimate of drug-likeness (QED) is 0.190. The largest absolute Gasteiger partial charge is 0.480 e. The number of hydrogen-bond donors (Lipinski definition) is 6. The van der Waals surface area contributed by atoms with E-state index in [4.69, 9.17) is 10.2 Å². The van der Waals surface area contributed by atoms with Crippen LogP contribution in [0.25, 0.3) is 0 Å². The summed E-state index contributed by atoms with van der Waals surface area (Å²) < 4.78 is 0. The number of nitrogens with one attached hydrogen (secondary N) is 2. The molecule has 0 spiro atoms. The van der Waals surface area contributed by atoms with Crippen molar-refractivity contribution in [2.45, 2.75) is 57.0 Å². The Morgan fingerprint density at radius 1 is 0.680 bits per heavy atom. The first-order valence-electron chi connectivity index (χ1n) is 8.07. The van der Waals surface area contributed by atoms with E-state index in [2.05, 4.69) is 35.9 Å². The summed E-state index contributed by atoms with van der Waals surface area (Å²) in [5.74, 6) is -2.76. The summed E-state index contributed by atoms with van der Waals surface area (Å²) >= 11 is 7.73. The van der Waals surface area contributed by atoms with Crippen LogP contribution in [0.4, 0.5) is 0 Å². The Kier molecular flexibility index (Phi) is 13.0. The van der Waals surface area contributed by atoms with Crippen molar-refractivity contribution in [3.63, 3.8) is 0 Å². The highest BCUT2D eigenvalue weighted by Gasteiger charge is 2.18. The molecule has 0 aromatic heterocycles. The Hall–Kier alpha value is -1.42. The molecule has 4 N–H and O–H groups in total. The topological polar surface area (TPSA) is 133 Å². The molecule has 0 aromatic carbocycles. The summed E-state index contributed by atoms with van der Waals surface area (Å²) in [4.78, 5) is 44.7. The number of thiol groups is 2.